The van der Waals surface area contributed by atoms with Crippen LogP contribution in [0.1, 0.15) is 38.2 Å². The molecule has 1 aliphatic rings. The predicted molar refractivity (Wildman–Crippen MR) is 79.4 cm³/mol. The van der Waals surface area contributed by atoms with Crippen LogP contribution in [0.5, 0.6) is 0 Å². The van der Waals surface area contributed by atoms with Gasteiger partial charge in [-0.25, -0.2) is 0 Å². The van der Waals surface area contributed by atoms with Crippen LogP contribution in [0.25, 0.3) is 0 Å². The Morgan fingerprint density at radius 3 is 2.94 bits per heavy atom. The third-order valence-corrected chi connectivity index (χ3v) is 4.39. The fourth-order valence-electron chi connectivity index (χ4n) is 2.55. The summed E-state index contributed by atoms with van der Waals surface area (Å²) in [5.41, 5.74) is 2.65. The SMILES string of the molecule is CC1CCCCCN1c1cc(Cl)ccc1CBr. The number of anilines is 1. The maximum Gasteiger partial charge on any atom is 0.0426 e. The Bertz CT molecular complexity index is 380. The number of alkyl halides is 1. The minimum Gasteiger partial charge on any atom is -0.369 e. The quantitative estimate of drug-likeness (QED) is 0.694. The Morgan fingerprint density at radius 2 is 2.18 bits per heavy atom. The molecule has 2 rings (SSSR count). The molecule has 1 aromatic carbocycles. The molecule has 1 atom stereocenters. The van der Waals surface area contributed by atoms with Crippen molar-refractivity contribution >= 4 is 33.2 Å². The van der Waals surface area contributed by atoms with Crippen LogP contribution >= 0.6 is 27.5 Å². The van der Waals surface area contributed by atoms with Crippen LogP contribution in [0.3, 0.4) is 0 Å². The summed E-state index contributed by atoms with van der Waals surface area (Å²) < 4.78 is 0. The Balaban J connectivity index is 2.32. The monoisotopic (exact) mass is 315 g/mol. The van der Waals surface area contributed by atoms with Gasteiger partial charge in [0.2, 0.25) is 0 Å². The number of hydrogen-bond acceptors (Lipinski definition) is 1. The molecule has 3 heteroatoms. The van der Waals surface area contributed by atoms with E-state index in [-0.39, 0.29) is 0 Å². The van der Waals surface area contributed by atoms with Crippen LogP contribution < -0.4 is 4.90 Å². The first-order chi connectivity index (χ1) is 8.22. The highest BCUT2D eigenvalue weighted by Crippen LogP contribution is 2.31. The molecule has 0 bridgehead atoms. The van der Waals surface area contributed by atoms with Crippen molar-refractivity contribution in [2.75, 3.05) is 11.4 Å². The van der Waals surface area contributed by atoms with E-state index in [1.54, 1.807) is 0 Å². The summed E-state index contributed by atoms with van der Waals surface area (Å²) in [4.78, 5) is 2.52. The lowest BCUT2D eigenvalue weighted by atomic mass is 10.1. The normalized spacial score (nSPS) is 21.4. The van der Waals surface area contributed by atoms with Gasteiger partial charge in [-0.2, -0.15) is 0 Å². The second kappa shape index (κ2) is 6.10. The van der Waals surface area contributed by atoms with Crippen LogP contribution in [0.15, 0.2) is 18.2 Å². The Kier molecular flexibility index (Phi) is 4.75. The molecule has 0 saturated carbocycles. The molecule has 0 aromatic heterocycles. The number of benzene rings is 1. The van der Waals surface area contributed by atoms with Crippen molar-refractivity contribution in [3.63, 3.8) is 0 Å². The van der Waals surface area contributed by atoms with Gasteiger partial charge in [-0.3, -0.25) is 0 Å². The first-order valence-electron chi connectivity index (χ1n) is 6.33. The van der Waals surface area contributed by atoms with Gasteiger partial charge in [0.15, 0.2) is 0 Å². The van der Waals surface area contributed by atoms with Crippen LogP contribution in [0.2, 0.25) is 5.02 Å². The fourth-order valence-corrected chi connectivity index (χ4v) is 3.19. The molecule has 1 heterocycles. The van der Waals surface area contributed by atoms with Crippen molar-refractivity contribution in [2.45, 2.75) is 44.0 Å². The topological polar surface area (TPSA) is 3.24 Å². The predicted octanol–water partition coefficient (Wildman–Crippen LogP) is 5.00. The van der Waals surface area contributed by atoms with Crippen LogP contribution in [0.4, 0.5) is 5.69 Å². The average Bonchev–Trinajstić information content (AvgIpc) is 2.54. The summed E-state index contributed by atoms with van der Waals surface area (Å²) in [7, 11) is 0. The fraction of sp³-hybridized carbons (Fsp3) is 0.571. The molecular weight excluding hydrogens is 298 g/mol. The van der Waals surface area contributed by atoms with Crippen LogP contribution in [-0.4, -0.2) is 12.6 Å². The Morgan fingerprint density at radius 1 is 1.35 bits per heavy atom. The first kappa shape index (κ1) is 13.2. The van der Waals surface area contributed by atoms with E-state index in [4.69, 9.17) is 11.6 Å². The lowest BCUT2D eigenvalue weighted by Crippen LogP contribution is -2.33. The summed E-state index contributed by atoms with van der Waals surface area (Å²) >= 11 is 9.71. The highest BCUT2D eigenvalue weighted by molar-refractivity contribution is 9.08. The van der Waals surface area contributed by atoms with E-state index in [2.05, 4.69) is 39.9 Å². The number of nitrogens with zero attached hydrogens (tertiary/aromatic N) is 1. The van der Waals surface area contributed by atoms with Gasteiger partial charge in [0.25, 0.3) is 0 Å². The van der Waals surface area contributed by atoms with Gasteiger partial charge in [0, 0.05) is 28.6 Å². The largest absolute Gasteiger partial charge is 0.369 e. The van der Waals surface area contributed by atoms with E-state index in [0.29, 0.717) is 6.04 Å². The van der Waals surface area contributed by atoms with Gasteiger partial charge in [-0.1, -0.05) is 46.4 Å². The van der Waals surface area contributed by atoms with Crippen molar-refractivity contribution in [3.8, 4) is 0 Å². The summed E-state index contributed by atoms with van der Waals surface area (Å²) in [6, 6.07) is 6.84. The zero-order valence-electron chi connectivity index (χ0n) is 10.3. The van der Waals surface area contributed by atoms with Crippen molar-refractivity contribution in [3.05, 3.63) is 28.8 Å². The van der Waals surface area contributed by atoms with E-state index < -0.39 is 0 Å². The van der Waals surface area contributed by atoms with Gasteiger partial charge >= 0.3 is 0 Å². The van der Waals surface area contributed by atoms with Gasteiger partial charge in [0.05, 0.1) is 0 Å². The maximum atomic E-state index is 6.14. The molecule has 17 heavy (non-hydrogen) atoms. The van der Waals surface area contributed by atoms with Crippen molar-refractivity contribution in [1.29, 1.82) is 0 Å². The molecule has 1 aliphatic heterocycles. The van der Waals surface area contributed by atoms with E-state index in [0.717, 1.165) is 16.9 Å². The lowest BCUT2D eigenvalue weighted by molar-refractivity contribution is 0.615. The van der Waals surface area contributed by atoms with Crippen molar-refractivity contribution in [2.24, 2.45) is 0 Å². The molecule has 94 valence electrons. The maximum absolute atomic E-state index is 6.14. The first-order valence-corrected chi connectivity index (χ1v) is 7.83. The summed E-state index contributed by atoms with van der Waals surface area (Å²) in [5.74, 6) is 0. The Hall–Kier alpha value is -0.210. The average molecular weight is 317 g/mol. The van der Waals surface area contributed by atoms with E-state index in [1.807, 2.05) is 6.07 Å². The van der Waals surface area contributed by atoms with Gasteiger partial charge in [-0.15, -0.1) is 0 Å². The zero-order chi connectivity index (χ0) is 12.3. The van der Waals surface area contributed by atoms with Gasteiger partial charge in [-0.05, 0) is 37.5 Å². The number of hydrogen-bond donors (Lipinski definition) is 0. The van der Waals surface area contributed by atoms with Crippen molar-refractivity contribution in [1.82, 2.24) is 0 Å². The minimum atomic E-state index is 0.619. The molecule has 0 aliphatic carbocycles. The highest BCUT2D eigenvalue weighted by atomic mass is 79.9. The molecule has 1 saturated heterocycles. The van der Waals surface area contributed by atoms with Crippen LogP contribution in [-0.2, 0) is 5.33 Å². The summed E-state index contributed by atoms with van der Waals surface area (Å²) in [5, 5.41) is 1.73. The Labute approximate surface area is 117 Å². The lowest BCUT2D eigenvalue weighted by Gasteiger charge is -2.31. The molecule has 1 aromatic rings. The molecule has 1 fully saturated rings. The molecular formula is C14H19BrClN. The van der Waals surface area contributed by atoms with Gasteiger partial charge in [0.1, 0.15) is 0 Å². The third-order valence-electron chi connectivity index (χ3n) is 3.55. The molecule has 1 nitrogen and oxygen atoms in total. The minimum absolute atomic E-state index is 0.619. The molecule has 0 spiro atoms. The third kappa shape index (κ3) is 3.17. The smallest absolute Gasteiger partial charge is 0.0426 e. The molecule has 0 N–H and O–H groups in total. The second-order valence-electron chi connectivity index (χ2n) is 4.80. The molecule has 0 radical (unpaired) electrons. The van der Waals surface area contributed by atoms with Gasteiger partial charge < -0.3 is 4.90 Å². The number of halogens is 2. The number of rotatable bonds is 2. The summed E-state index contributed by atoms with van der Waals surface area (Å²) in [6.45, 7) is 3.48. The van der Waals surface area contributed by atoms with Crippen molar-refractivity contribution < 1.29 is 0 Å². The van der Waals surface area contributed by atoms with Crippen LogP contribution in [0, 0.1) is 0 Å². The van der Waals surface area contributed by atoms with E-state index in [1.165, 1.54) is 36.9 Å². The van der Waals surface area contributed by atoms with E-state index in [9.17, 15) is 0 Å². The van der Waals surface area contributed by atoms with E-state index >= 15 is 0 Å². The molecule has 0 amide bonds. The standard InChI is InChI=1S/C14H19BrClN/c1-11-5-3-2-4-8-17(11)14-9-13(16)7-6-12(14)10-15/h6-7,9,11H,2-5,8,10H2,1H3. The zero-order valence-corrected chi connectivity index (χ0v) is 12.6. The highest BCUT2D eigenvalue weighted by Gasteiger charge is 2.19. The molecule has 1 unspecified atom stereocenters. The summed E-state index contributed by atoms with van der Waals surface area (Å²) in [6.07, 6.45) is 5.28. The second-order valence-corrected chi connectivity index (χ2v) is 5.80.